The normalized spacial score (nSPS) is 11.8. The number of hydrogen-bond donors (Lipinski definition) is 1. The molecule has 0 unspecified atom stereocenters. The van der Waals surface area contributed by atoms with Gasteiger partial charge in [-0.25, -0.2) is 8.42 Å². The first kappa shape index (κ1) is 34.8. The number of benzene rings is 4. The molecule has 0 fully saturated rings. The Morgan fingerprint density at radius 3 is 2.11 bits per heavy atom. The number of carbonyl (C=O) groups excluding carboxylic acids is 2. The van der Waals surface area contributed by atoms with Crippen molar-refractivity contribution in [3.8, 4) is 5.75 Å². The van der Waals surface area contributed by atoms with Crippen LogP contribution >= 0.6 is 23.2 Å². The third-order valence-corrected chi connectivity index (χ3v) is 9.65. The summed E-state index contributed by atoms with van der Waals surface area (Å²) in [6.07, 6.45) is 1.86. The van der Waals surface area contributed by atoms with Crippen molar-refractivity contribution < 1.29 is 22.7 Å². The minimum Gasteiger partial charge on any atom is -0.495 e. The average Bonchev–Trinajstić information content (AvgIpc) is 3.06. The molecule has 8 nitrogen and oxygen atoms in total. The number of anilines is 1. The molecule has 0 saturated heterocycles. The van der Waals surface area contributed by atoms with Gasteiger partial charge < -0.3 is 15.0 Å². The van der Waals surface area contributed by atoms with Gasteiger partial charge in [-0.1, -0.05) is 97.2 Å². The topological polar surface area (TPSA) is 96.0 Å². The fraction of sp³-hybridized carbons (Fsp3) is 0.257. The highest BCUT2D eigenvalue weighted by Crippen LogP contribution is 2.35. The van der Waals surface area contributed by atoms with E-state index in [1.807, 2.05) is 37.3 Å². The first-order valence-corrected chi connectivity index (χ1v) is 17.1. The van der Waals surface area contributed by atoms with Crippen LogP contribution in [0.15, 0.2) is 108 Å². The maximum absolute atomic E-state index is 14.6. The summed E-state index contributed by atoms with van der Waals surface area (Å²) < 4.78 is 34.9. The predicted molar refractivity (Wildman–Crippen MR) is 183 cm³/mol. The molecule has 242 valence electrons. The van der Waals surface area contributed by atoms with Crippen LogP contribution in [0.1, 0.15) is 30.9 Å². The van der Waals surface area contributed by atoms with E-state index in [-0.39, 0.29) is 40.2 Å². The molecule has 1 atom stereocenters. The lowest BCUT2D eigenvalue weighted by molar-refractivity contribution is -0.140. The van der Waals surface area contributed by atoms with Crippen molar-refractivity contribution in [2.45, 2.75) is 43.7 Å². The van der Waals surface area contributed by atoms with E-state index in [1.54, 1.807) is 54.6 Å². The average molecular weight is 683 g/mol. The van der Waals surface area contributed by atoms with Gasteiger partial charge in [0.15, 0.2) is 0 Å². The summed E-state index contributed by atoms with van der Waals surface area (Å²) in [6, 6.07) is 27.8. The molecule has 11 heteroatoms. The Bertz CT molecular complexity index is 1710. The molecule has 4 rings (SSSR count). The van der Waals surface area contributed by atoms with Crippen molar-refractivity contribution in [2.75, 3.05) is 24.5 Å². The fourth-order valence-corrected chi connectivity index (χ4v) is 6.67. The number of carbonyl (C=O) groups is 2. The largest absolute Gasteiger partial charge is 0.495 e. The smallest absolute Gasteiger partial charge is 0.264 e. The van der Waals surface area contributed by atoms with Crippen LogP contribution in [-0.2, 0) is 32.6 Å². The van der Waals surface area contributed by atoms with Crippen molar-refractivity contribution in [2.24, 2.45) is 0 Å². The number of nitrogens with one attached hydrogen (secondary N) is 1. The zero-order valence-electron chi connectivity index (χ0n) is 25.7. The van der Waals surface area contributed by atoms with Crippen LogP contribution in [0, 0.1) is 0 Å². The second-order valence-corrected chi connectivity index (χ2v) is 13.4. The summed E-state index contributed by atoms with van der Waals surface area (Å²) in [5, 5.41) is 3.76. The zero-order valence-corrected chi connectivity index (χ0v) is 28.1. The van der Waals surface area contributed by atoms with Gasteiger partial charge in [-0.3, -0.25) is 13.9 Å². The number of sulfonamides is 1. The molecule has 0 aliphatic carbocycles. The SMILES string of the molecule is CCCCNC(=O)[C@H](Cc1ccccc1)N(Cc1ccc(Cl)cc1)C(=O)CN(c1cc(Cl)ccc1OC)S(=O)(=O)c1ccccc1. The van der Waals surface area contributed by atoms with Gasteiger partial charge in [0.25, 0.3) is 10.0 Å². The highest BCUT2D eigenvalue weighted by molar-refractivity contribution is 7.92. The Morgan fingerprint density at radius 2 is 1.48 bits per heavy atom. The molecular weight excluding hydrogens is 645 g/mol. The molecule has 0 spiro atoms. The Labute approximate surface area is 280 Å². The van der Waals surface area contributed by atoms with Gasteiger partial charge >= 0.3 is 0 Å². The molecular formula is C35H37Cl2N3O5S. The maximum atomic E-state index is 14.6. The zero-order chi connectivity index (χ0) is 33.1. The van der Waals surface area contributed by atoms with Gasteiger partial charge in [-0.05, 0) is 60.0 Å². The standard InChI is InChI=1S/C35H37Cl2N3O5S/c1-3-4-21-38-35(42)32(22-26-11-7-5-8-12-26)39(24-27-15-17-28(36)18-16-27)34(41)25-40(31-23-29(37)19-20-33(31)45-2)46(43,44)30-13-9-6-10-14-30/h5-20,23,32H,3-4,21-22,24-25H2,1-2H3,(H,38,42)/t32-/m0/s1. The van der Waals surface area contributed by atoms with Crippen molar-refractivity contribution >= 4 is 50.7 Å². The molecule has 4 aromatic rings. The van der Waals surface area contributed by atoms with Crippen LogP contribution in [0.2, 0.25) is 10.0 Å². The molecule has 0 saturated carbocycles. The Hall–Kier alpha value is -4.05. The second kappa shape index (κ2) is 16.5. The van der Waals surface area contributed by atoms with E-state index in [9.17, 15) is 18.0 Å². The minimum absolute atomic E-state index is 0.0211. The molecule has 4 aromatic carbocycles. The van der Waals surface area contributed by atoms with E-state index >= 15 is 0 Å². The van der Waals surface area contributed by atoms with Gasteiger partial charge in [-0.2, -0.15) is 0 Å². The van der Waals surface area contributed by atoms with Gasteiger partial charge in [-0.15, -0.1) is 0 Å². The molecule has 0 radical (unpaired) electrons. The number of methoxy groups -OCH3 is 1. The van der Waals surface area contributed by atoms with E-state index in [2.05, 4.69) is 5.32 Å². The van der Waals surface area contributed by atoms with Crippen LogP contribution < -0.4 is 14.4 Å². The third-order valence-electron chi connectivity index (χ3n) is 7.39. The number of ether oxygens (including phenoxy) is 1. The minimum atomic E-state index is -4.30. The van der Waals surface area contributed by atoms with Crippen LogP contribution in [0.5, 0.6) is 5.75 Å². The molecule has 0 aliphatic rings. The van der Waals surface area contributed by atoms with Crippen LogP contribution in [0.4, 0.5) is 5.69 Å². The molecule has 0 heterocycles. The number of rotatable bonds is 15. The van der Waals surface area contributed by atoms with E-state index in [0.29, 0.717) is 11.6 Å². The summed E-state index contributed by atoms with van der Waals surface area (Å²) in [5.41, 5.74) is 1.65. The number of hydrogen-bond acceptors (Lipinski definition) is 5. The van der Waals surface area contributed by atoms with E-state index in [4.69, 9.17) is 27.9 Å². The predicted octanol–water partition coefficient (Wildman–Crippen LogP) is 6.75. The molecule has 46 heavy (non-hydrogen) atoms. The monoisotopic (exact) mass is 681 g/mol. The molecule has 0 bridgehead atoms. The van der Waals surface area contributed by atoms with Crippen LogP contribution in [-0.4, -0.2) is 51.4 Å². The van der Waals surface area contributed by atoms with Gasteiger partial charge in [0, 0.05) is 29.6 Å². The lowest BCUT2D eigenvalue weighted by Crippen LogP contribution is -2.53. The van der Waals surface area contributed by atoms with Crippen molar-refractivity contribution in [1.29, 1.82) is 0 Å². The Morgan fingerprint density at radius 1 is 0.848 bits per heavy atom. The first-order valence-electron chi connectivity index (χ1n) is 14.9. The van der Waals surface area contributed by atoms with Crippen molar-refractivity contribution in [3.63, 3.8) is 0 Å². The lowest BCUT2D eigenvalue weighted by atomic mass is 10.0. The van der Waals surface area contributed by atoms with Gasteiger partial charge in [0.05, 0.1) is 17.7 Å². The highest BCUT2D eigenvalue weighted by atomic mass is 35.5. The first-order chi connectivity index (χ1) is 22.1. The quantitative estimate of drug-likeness (QED) is 0.140. The molecule has 0 aromatic heterocycles. The van der Waals surface area contributed by atoms with Gasteiger partial charge in [0.2, 0.25) is 11.8 Å². The number of unbranched alkanes of at least 4 members (excludes halogenated alkanes) is 1. The Kier molecular flexibility index (Phi) is 12.5. The number of nitrogens with zero attached hydrogens (tertiary/aromatic N) is 2. The number of amides is 2. The summed E-state index contributed by atoms with van der Waals surface area (Å²) in [6.45, 7) is 1.86. The maximum Gasteiger partial charge on any atom is 0.264 e. The van der Waals surface area contributed by atoms with E-state index in [1.165, 1.54) is 30.2 Å². The summed E-state index contributed by atoms with van der Waals surface area (Å²) >= 11 is 12.5. The van der Waals surface area contributed by atoms with Crippen LogP contribution in [0.25, 0.3) is 0 Å². The molecule has 0 aliphatic heterocycles. The van der Waals surface area contributed by atoms with Crippen molar-refractivity contribution in [3.05, 3.63) is 124 Å². The second-order valence-electron chi connectivity index (χ2n) is 10.6. The lowest BCUT2D eigenvalue weighted by Gasteiger charge is -2.34. The van der Waals surface area contributed by atoms with Crippen LogP contribution in [0.3, 0.4) is 0 Å². The molecule has 2 amide bonds. The van der Waals surface area contributed by atoms with E-state index in [0.717, 1.165) is 28.3 Å². The highest BCUT2D eigenvalue weighted by Gasteiger charge is 2.35. The fourth-order valence-electron chi connectivity index (χ4n) is 4.94. The van der Waals surface area contributed by atoms with E-state index < -0.39 is 28.5 Å². The summed E-state index contributed by atoms with van der Waals surface area (Å²) in [7, 11) is -2.90. The summed E-state index contributed by atoms with van der Waals surface area (Å²) in [4.78, 5) is 29.8. The summed E-state index contributed by atoms with van der Waals surface area (Å²) in [5.74, 6) is -0.723. The molecule has 1 N–H and O–H groups in total. The van der Waals surface area contributed by atoms with Gasteiger partial charge in [0.1, 0.15) is 18.3 Å². The number of halogens is 2. The Balaban J connectivity index is 1.82. The third kappa shape index (κ3) is 9.02. The van der Waals surface area contributed by atoms with Crippen molar-refractivity contribution in [1.82, 2.24) is 10.2 Å².